The molecule has 1 heterocycles. The number of fused-ring (bicyclic) bond motifs is 1. The molecule has 0 spiro atoms. The van der Waals surface area contributed by atoms with Gasteiger partial charge in [-0.05, 0) is 26.0 Å². The van der Waals surface area contributed by atoms with Gasteiger partial charge in [0.25, 0.3) is 0 Å². The summed E-state index contributed by atoms with van der Waals surface area (Å²) >= 11 is 0. The van der Waals surface area contributed by atoms with Crippen LogP contribution in [0.2, 0.25) is 0 Å². The van der Waals surface area contributed by atoms with E-state index < -0.39 is 0 Å². The highest BCUT2D eigenvalue weighted by atomic mass is 16.3. The van der Waals surface area contributed by atoms with Crippen molar-refractivity contribution in [2.24, 2.45) is 5.10 Å². The first-order valence-electron chi connectivity index (χ1n) is 8.30. The third kappa shape index (κ3) is 3.68. The fourth-order valence-corrected chi connectivity index (χ4v) is 2.70. The van der Waals surface area contributed by atoms with Gasteiger partial charge in [0.05, 0.1) is 12.4 Å². The second-order valence-corrected chi connectivity index (χ2v) is 5.57. The molecule has 0 bridgehead atoms. The van der Waals surface area contributed by atoms with Crippen LogP contribution in [0.5, 0.6) is 5.75 Å². The van der Waals surface area contributed by atoms with Crippen LogP contribution in [0.3, 0.4) is 0 Å². The van der Waals surface area contributed by atoms with Gasteiger partial charge in [-0.3, -0.25) is 5.43 Å². The second-order valence-electron chi connectivity index (χ2n) is 5.57. The average Bonchev–Trinajstić information content (AvgIpc) is 2.64. The lowest BCUT2D eigenvalue weighted by Gasteiger charge is -2.21. The Morgan fingerprint density at radius 2 is 1.96 bits per heavy atom. The van der Waals surface area contributed by atoms with Crippen molar-refractivity contribution in [2.75, 3.05) is 23.4 Å². The molecule has 0 radical (unpaired) electrons. The number of benzene rings is 2. The second kappa shape index (κ2) is 7.61. The van der Waals surface area contributed by atoms with Gasteiger partial charge >= 0.3 is 0 Å². The molecule has 0 atom stereocenters. The van der Waals surface area contributed by atoms with Gasteiger partial charge in [0.15, 0.2) is 5.82 Å². The lowest BCUT2D eigenvalue weighted by atomic mass is 10.2. The number of rotatable bonds is 6. The molecule has 2 N–H and O–H groups in total. The minimum absolute atomic E-state index is 0.193. The number of hydrogen-bond donors (Lipinski definition) is 2. The summed E-state index contributed by atoms with van der Waals surface area (Å²) in [6, 6.07) is 13.4. The van der Waals surface area contributed by atoms with Crippen LogP contribution < -0.4 is 10.3 Å². The number of nitrogens with zero attached hydrogens (tertiary/aromatic N) is 4. The molecule has 3 aromatic rings. The fraction of sp³-hybridized carbons (Fsp3) is 0.211. The molecule has 0 aliphatic heterocycles. The lowest BCUT2D eigenvalue weighted by molar-refractivity contribution is 0.474. The zero-order valence-electron chi connectivity index (χ0n) is 14.3. The predicted octanol–water partition coefficient (Wildman–Crippen LogP) is 3.63. The summed E-state index contributed by atoms with van der Waals surface area (Å²) in [5.41, 5.74) is 4.53. The number of anilines is 2. The normalized spacial score (nSPS) is 11.1. The molecular formula is C19H21N5O. The number of nitrogens with one attached hydrogen (secondary N) is 1. The summed E-state index contributed by atoms with van der Waals surface area (Å²) in [7, 11) is 0. The molecule has 0 aliphatic carbocycles. The van der Waals surface area contributed by atoms with Crippen molar-refractivity contribution in [1.82, 2.24) is 10.2 Å². The van der Waals surface area contributed by atoms with Gasteiger partial charge in [-0.1, -0.05) is 24.3 Å². The number of hydrazone groups is 1. The largest absolute Gasteiger partial charge is 0.507 e. The van der Waals surface area contributed by atoms with Gasteiger partial charge in [-0.25, -0.2) is 0 Å². The van der Waals surface area contributed by atoms with Gasteiger partial charge in [0, 0.05) is 41.2 Å². The van der Waals surface area contributed by atoms with Crippen LogP contribution in [0.25, 0.3) is 10.8 Å². The third-order valence-electron chi connectivity index (χ3n) is 4.09. The third-order valence-corrected chi connectivity index (χ3v) is 4.09. The van der Waals surface area contributed by atoms with Gasteiger partial charge in [-0.15, -0.1) is 5.10 Å². The predicted molar refractivity (Wildman–Crippen MR) is 102 cm³/mol. The van der Waals surface area contributed by atoms with Crippen LogP contribution in [0.15, 0.2) is 53.8 Å². The Kier molecular flexibility index (Phi) is 5.09. The number of phenolic OH excluding ortho intramolecular Hbond substituents is 1. The number of aromatic hydroxyl groups is 1. The van der Waals surface area contributed by atoms with Gasteiger partial charge in [0.2, 0.25) is 0 Å². The Bertz CT molecular complexity index is 885. The van der Waals surface area contributed by atoms with Crippen LogP contribution in [0.1, 0.15) is 19.4 Å². The highest BCUT2D eigenvalue weighted by Crippen LogP contribution is 2.24. The molecular weight excluding hydrogens is 314 g/mol. The molecule has 0 unspecified atom stereocenters. The van der Waals surface area contributed by atoms with Crippen molar-refractivity contribution in [3.63, 3.8) is 0 Å². The van der Waals surface area contributed by atoms with Crippen LogP contribution in [-0.4, -0.2) is 34.6 Å². The monoisotopic (exact) mass is 335 g/mol. The number of hydrogen-bond acceptors (Lipinski definition) is 6. The molecule has 6 nitrogen and oxygen atoms in total. The average molecular weight is 335 g/mol. The first-order chi connectivity index (χ1) is 12.2. The fourth-order valence-electron chi connectivity index (χ4n) is 2.70. The summed E-state index contributed by atoms with van der Waals surface area (Å²) in [6.07, 6.45) is 3.28. The van der Waals surface area contributed by atoms with Crippen LogP contribution >= 0.6 is 0 Å². The van der Waals surface area contributed by atoms with Crippen LogP contribution in [0.4, 0.5) is 11.5 Å². The summed E-state index contributed by atoms with van der Waals surface area (Å²) in [6.45, 7) is 5.96. The first-order valence-corrected chi connectivity index (χ1v) is 8.30. The minimum Gasteiger partial charge on any atom is -0.507 e. The molecule has 6 heteroatoms. The van der Waals surface area contributed by atoms with E-state index in [0.717, 1.165) is 29.5 Å². The van der Waals surface area contributed by atoms with Crippen molar-refractivity contribution in [2.45, 2.75) is 13.8 Å². The maximum atomic E-state index is 10.2. The zero-order chi connectivity index (χ0) is 17.6. The molecule has 0 saturated carbocycles. The molecule has 25 heavy (non-hydrogen) atoms. The van der Waals surface area contributed by atoms with Gasteiger partial charge < -0.3 is 10.0 Å². The summed E-state index contributed by atoms with van der Waals surface area (Å²) in [5.74, 6) is 0.771. The Morgan fingerprint density at radius 1 is 1.16 bits per heavy atom. The van der Waals surface area contributed by atoms with E-state index in [1.807, 2.05) is 36.4 Å². The van der Waals surface area contributed by atoms with Gasteiger partial charge in [-0.2, -0.15) is 10.2 Å². The Labute approximate surface area is 146 Å². The quantitative estimate of drug-likeness (QED) is 0.531. The standard InChI is InChI=1S/C19H21N5O/c1-3-24(4-2)16-10-9-15(18(25)11-16)13-21-23-19-17-8-6-5-7-14(17)12-20-22-19/h5-13,25H,3-4H2,1-2H3,(H,22,23)/b21-13+. The maximum absolute atomic E-state index is 10.2. The van der Waals surface area contributed by atoms with Crippen molar-refractivity contribution >= 4 is 28.5 Å². The minimum atomic E-state index is 0.193. The van der Waals surface area contributed by atoms with Crippen molar-refractivity contribution in [1.29, 1.82) is 0 Å². The Hall–Kier alpha value is -3.15. The van der Waals surface area contributed by atoms with E-state index in [4.69, 9.17) is 0 Å². The lowest BCUT2D eigenvalue weighted by Crippen LogP contribution is -2.21. The van der Waals surface area contributed by atoms with E-state index in [2.05, 4.69) is 39.5 Å². The first kappa shape index (κ1) is 16.7. The number of phenols is 1. The number of aromatic nitrogens is 2. The van der Waals surface area contributed by atoms with Crippen molar-refractivity contribution in [3.05, 3.63) is 54.2 Å². The topological polar surface area (TPSA) is 73.6 Å². The van der Waals surface area contributed by atoms with E-state index in [1.165, 1.54) is 0 Å². The summed E-state index contributed by atoms with van der Waals surface area (Å²) in [4.78, 5) is 2.17. The molecule has 0 fully saturated rings. The Morgan fingerprint density at radius 3 is 2.72 bits per heavy atom. The molecule has 0 amide bonds. The maximum Gasteiger partial charge on any atom is 0.176 e. The highest BCUT2D eigenvalue weighted by molar-refractivity contribution is 5.91. The Balaban J connectivity index is 1.78. The van der Waals surface area contributed by atoms with Crippen molar-refractivity contribution < 1.29 is 5.11 Å². The molecule has 2 aromatic carbocycles. The molecule has 3 rings (SSSR count). The smallest absolute Gasteiger partial charge is 0.176 e. The summed E-state index contributed by atoms with van der Waals surface area (Å²) < 4.78 is 0. The zero-order valence-corrected chi connectivity index (χ0v) is 14.3. The van der Waals surface area contributed by atoms with E-state index in [-0.39, 0.29) is 5.75 Å². The van der Waals surface area contributed by atoms with Crippen LogP contribution in [-0.2, 0) is 0 Å². The van der Waals surface area contributed by atoms with E-state index in [0.29, 0.717) is 11.4 Å². The van der Waals surface area contributed by atoms with Gasteiger partial charge in [0.1, 0.15) is 5.75 Å². The SMILES string of the molecule is CCN(CC)c1ccc(/C=N/Nc2nncc3ccccc23)c(O)c1. The molecule has 0 aliphatic rings. The van der Waals surface area contributed by atoms with E-state index in [1.54, 1.807) is 18.5 Å². The molecule has 128 valence electrons. The van der Waals surface area contributed by atoms with Crippen LogP contribution in [0, 0.1) is 0 Å². The van der Waals surface area contributed by atoms with E-state index in [9.17, 15) is 5.11 Å². The molecule has 0 saturated heterocycles. The molecule has 1 aromatic heterocycles. The van der Waals surface area contributed by atoms with Crippen molar-refractivity contribution in [3.8, 4) is 5.75 Å². The van der Waals surface area contributed by atoms with E-state index >= 15 is 0 Å². The highest BCUT2D eigenvalue weighted by Gasteiger charge is 2.06. The summed E-state index contributed by atoms with van der Waals surface area (Å²) in [5, 5.41) is 24.4.